The lowest BCUT2D eigenvalue weighted by atomic mass is 10.1. The first-order valence-corrected chi connectivity index (χ1v) is 8.92. The van der Waals surface area contributed by atoms with Crippen molar-refractivity contribution in [3.05, 3.63) is 77.6 Å². The quantitative estimate of drug-likeness (QED) is 0.363. The van der Waals surface area contributed by atoms with Gasteiger partial charge in [-0.15, -0.1) is 0 Å². The van der Waals surface area contributed by atoms with Crippen molar-refractivity contribution < 1.29 is 35.3 Å². The molecule has 0 saturated carbocycles. The van der Waals surface area contributed by atoms with Crippen LogP contribution in [-0.4, -0.2) is 19.9 Å². The van der Waals surface area contributed by atoms with Gasteiger partial charge in [-0.2, -0.15) is 36.4 Å². The highest BCUT2D eigenvalue weighted by molar-refractivity contribution is 5.60. The molecule has 2 heterocycles. The number of halogens is 7. The van der Waals surface area contributed by atoms with Gasteiger partial charge in [0.1, 0.15) is 5.82 Å². The predicted molar refractivity (Wildman–Crippen MR) is 96.5 cm³/mol. The van der Waals surface area contributed by atoms with E-state index < -0.39 is 29.8 Å². The van der Waals surface area contributed by atoms with Gasteiger partial charge in [0.05, 0.1) is 12.2 Å². The van der Waals surface area contributed by atoms with Gasteiger partial charge in [-0.3, -0.25) is 4.68 Å². The summed E-state index contributed by atoms with van der Waals surface area (Å²) in [7, 11) is 0. The van der Waals surface area contributed by atoms with Gasteiger partial charge in [0, 0.05) is 11.1 Å². The smallest absolute Gasteiger partial charge is 0.329 e. The van der Waals surface area contributed by atoms with Crippen molar-refractivity contribution in [3.8, 4) is 22.6 Å². The Morgan fingerprint density at radius 3 is 2.00 bits per heavy atom. The minimum Gasteiger partial charge on any atom is -0.329 e. The fourth-order valence-electron chi connectivity index (χ4n) is 2.92. The number of rotatable bonds is 4. The van der Waals surface area contributed by atoms with Crippen molar-refractivity contribution in [1.82, 2.24) is 19.9 Å². The van der Waals surface area contributed by atoms with Crippen LogP contribution in [0.5, 0.6) is 0 Å². The topological polar surface area (TPSA) is 56.7 Å². The van der Waals surface area contributed by atoms with Crippen LogP contribution in [0.1, 0.15) is 17.1 Å². The summed E-state index contributed by atoms with van der Waals surface area (Å²) in [5, 5.41) is 6.90. The first kappa shape index (κ1) is 21.5. The largest absolute Gasteiger partial charge is 0.471 e. The van der Waals surface area contributed by atoms with Crippen molar-refractivity contribution in [2.75, 3.05) is 0 Å². The molecule has 0 aliphatic heterocycles. The van der Waals surface area contributed by atoms with Crippen LogP contribution in [0.4, 0.5) is 30.7 Å². The first-order chi connectivity index (χ1) is 15.0. The van der Waals surface area contributed by atoms with Crippen molar-refractivity contribution in [2.45, 2.75) is 18.9 Å². The molecule has 0 aliphatic carbocycles. The maximum Gasteiger partial charge on any atom is 0.471 e. The average Bonchev–Trinajstić information content (AvgIpc) is 3.37. The Bertz CT molecular complexity index is 1220. The molecule has 5 nitrogen and oxygen atoms in total. The van der Waals surface area contributed by atoms with E-state index >= 15 is 0 Å². The van der Waals surface area contributed by atoms with Crippen LogP contribution in [0, 0.1) is 5.82 Å². The van der Waals surface area contributed by atoms with Gasteiger partial charge in [0.25, 0.3) is 0 Å². The van der Waals surface area contributed by atoms with Crippen LogP contribution in [0.15, 0.2) is 59.1 Å². The van der Waals surface area contributed by atoms with Gasteiger partial charge in [-0.25, -0.2) is 4.39 Å². The van der Waals surface area contributed by atoms with E-state index in [0.29, 0.717) is 11.1 Å². The Hall–Kier alpha value is -3.70. The SMILES string of the molecule is Fc1ccc(-c2cc(C(F)(F)F)nn2Cc2ccc(-c3noc(C(F)(F)F)n3)cc2)cc1. The summed E-state index contributed by atoms with van der Waals surface area (Å²) >= 11 is 0. The third kappa shape index (κ3) is 4.48. The number of alkyl halides is 6. The summed E-state index contributed by atoms with van der Waals surface area (Å²) in [5.41, 5.74) is 0.0727. The van der Waals surface area contributed by atoms with E-state index in [2.05, 4.69) is 19.8 Å². The highest BCUT2D eigenvalue weighted by atomic mass is 19.4. The summed E-state index contributed by atoms with van der Waals surface area (Å²) in [6.45, 7) is -0.0802. The second-order valence-electron chi connectivity index (χ2n) is 6.69. The normalized spacial score (nSPS) is 12.3. The molecular formula is C20H11F7N4O. The van der Waals surface area contributed by atoms with Crippen LogP contribution in [0.2, 0.25) is 0 Å². The molecule has 0 amide bonds. The number of benzene rings is 2. The second kappa shape index (κ2) is 7.77. The van der Waals surface area contributed by atoms with Crippen LogP contribution in [0.25, 0.3) is 22.6 Å². The van der Waals surface area contributed by atoms with E-state index in [0.717, 1.165) is 22.9 Å². The summed E-state index contributed by atoms with van der Waals surface area (Å²) in [5.74, 6) is -2.31. The number of hydrogen-bond donors (Lipinski definition) is 0. The highest BCUT2D eigenvalue weighted by Gasteiger charge is 2.38. The molecule has 0 spiro atoms. The van der Waals surface area contributed by atoms with Gasteiger partial charge >= 0.3 is 18.2 Å². The molecule has 0 aliphatic rings. The van der Waals surface area contributed by atoms with Gasteiger partial charge in [-0.1, -0.05) is 29.4 Å². The minimum absolute atomic E-state index is 0.0802. The Labute approximate surface area is 175 Å². The fourth-order valence-corrected chi connectivity index (χ4v) is 2.92. The van der Waals surface area contributed by atoms with E-state index in [1.54, 1.807) is 0 Å². The fraction of sp³-hybridized carbons (Fsp3) is 0.150. The molecule has 0 N–H and O–H groups in total. The van der Waals surface area contributed by atoms with Gasteiger partial charge in [0.15, 0.2) is 5.69 Å². The number of hydrogen-bond acceptors (Lipinski definition) is 4. The predicted octanol–water partition coefficient (Wildman–Crippen LogP) is 5.83. The van der Waals surface area contributed by atoms with Crippen LogP contribution in [-0.2, 0) is 18.9 Å². The van der Waals surface area contributed by atoms with Crippen molar-refractivity contribution >= 4 is 0 Å². The molecule has 4 rings (SSSR count). The van der Waals surface area contributed by atoms with E-state index in [9.17, 15) is 30.7 Å². The third-order valence-corrected chi connectivity index (χ3v) is 4.42. The molecule has 0 fully saturated rings. The Kier molecular flexibility index (Phi) is 5.23. The third-order valence-electron chi connectivity index (χ3n) is 4.42. The summed E-state index contributed by atoms with van der Waals surface area (Å²) < 4.78 is 95.9. The van der Waals surface area contributed by atoms with E-state index in [1.807, 2.05) is 0 Å². The van der Waals surface area contributed by atoms with E-state index in [1.165, 1.54) is 36.4 Å². The minimum atomic E-state index is -4.78. The monoisotopic (exact) mass is 456 g/mol. The van der Waals surface area contributed by atoms with Crippen LogP contribution < -0.4 is 0 Å². The lowest BCUT2D eigenvalue weighted by Gasteiger charge is -2.08. The Morgan fingerprint density at radius 1 is 0.812 bits per heavy atom. The lowest BCUT2D eigenvalue weighted by Crippen LogP contribution is -2.09. The maximum absolute atomic E-state index is 13.2. The molecule has 0 saturated heterocycles. The molecule has 12 heteroatoms. The molecule has 0 bridgehead atoms. The molecule has 0 atom stereocenters. The molecule has 166 valence electrons. The molecule has 2 aromatic carbocycles. The number of nitrogens with zero attached hydrogens (tertiary/aromatic N) is 4. The standard InChI is InChI=1S/C20H11F7N4O/c21-14-7-5-12(6-8-14)15-9-16(19(22,23)24)29-31(15)10-11-1-3-13(4-2-11)17-28-18(32-30-17)20(25,26)27/h1-9H,10H2. The summed E-state index contributed by atoms with van der Waals surface area (Å²) in [6, 6.07) is 11.6. The van der Waals surface area contributed by atoms with Gasteiger partial charge in [0.2, 0.25) is 5.82 Å². The van der Waals surface area contributed by atoms with Gasteiger partial charge < -0.3 is 4.52 Å². The highest BCUT2D eigenvalue weighted by Crippen LogP contribution is 2.33. The van der Waals surface area contributed by atoms with Crippen LogP contribution in [0.3, 0.4) is 0 Å². The van der Waals surface area contributed by atoms with E-state index in [-0.39, 0.29) is 23.6 Å². The van der Waals surface area contributed by atoms with Crippen molar-refractivity contribution in [1.29, 1.82) is 0 Å². The first-order valence-electron chi connectivity index (χ1n) is 8.92. The molecule has 2 aromatic heterocycles. The van der Waals surface area contributed by atoms with Crippen LogP contribution >= 0.6 is 0 Å². The zero-order valence-electron chi connectivity index (χ0n) is 15.7. The Morgan fingerprint density at radius 2 is 1.44 bits per heavy atom. The maximum atomic E-state index is 13.2. The van der Waals surface area contributed by atoms with Crippen molar-refractivity contribution in [3.63, 3.8) is 0 Å². The second-order valence-corrected chi connectivity index (χ2v) is 6.69. The Balaban J connectivity index is 1.63. The molecule has 0 radical (unpaired) electrons. The zero-order chi connectivity index (χ0) is 23.1. The van der Waals surface area contributed by atoms with Crippen molar-refractivity contribution in [2.24, 2.45) is 0 Å². The zero-order valence-corrected chi connectivity index (χ0v) is 15.7. The lowest BCUT2D eigenvalue weighted by molar-refractivity contribution is -0.159. The average molecular weight is 456 g/mol. The molecule has 32 heavy (non-hydrogen) atoms. The molecular weight excluding hydrogens is 445 g/mol. The summed E-state index contributed by atoms with van der Waals surface area (Å²) in [6.07, 6.45) is -9.46. The van der Waals surface area contributed by atoms with Gasteiger partial charge in [-0.05, 0) is 35.9 Å². The molecule has 0 unspecified atom stereocenters. The van der Waals surface area contributed by atoms with E-state index in [4.69, 9.17) is 0 Å². The number of aromatic nitrogens is 4. The molecule has 4 aromatic rings. The summed E-state index contributed by atoms with van der Waals surface area (Å²) in [4.78, 5) is 3.28.